The number of amides is 1. The molecule has 3 aromatic rings. The van der Waals surface area contributed by atoms with Gasteiger partial charge in [0.05, 0.1) is 26.9 Å². The molecule has 2 unspecified atom stereocenters. The van der Waals surface area contributed by atoms with Crippen molar-refractivity contribution in [2.45, 2.75) is 135 Å². The lowest BCUT2D eigenvalue weighted by molar-refractivity contribution is 0.0215. The number of aliphatic hydroxyl groups is 1. The van der Waals surface area contributed by atoms with E-state index in [4.69, 9.17) is 34.4 Å². The zero-order valence-electron chi connectivity index (χ0n) is 40.5. The van der Waals surface area contributed by atoms with Crippen LogP contribution in [0, 0.1) is 13.5 Å². The van der Waals surface area contributed by atoms with E-state index >= 15 is 0 Å². The van der Waals surface area contributed by atoms with Gasteiger partial charge in [-0.15, -0.1) is 13.2 Å². The molecule has 0 spiro atoms. The molecule has 13 heteroatoms. The highest BCUT2D eigenvalue weighted by atomic mass is 28.4. The van der Waals surface area contributed by atoms with Crippen molar-refractivity contribution in [2.75, 3.05) is 47.1 Å². The second kappa shape index (κ2) is 23.7. The number of hydrogen-bond donors (Lipinski definition) is 3. The highest BCUT2D eigenvalue weighted by Gasteiger charge is 2.41. The maximum absolute atomic E-state index is 13.1. The molecular weight excluding hydrogens is 827 g/mol. The van der Waals surface area contributed by atoms with Crippen LogP contribution in [0.25, 0.3) is 16.0 Å². The normalized spacial score (nSPS) is 16.0. The third-order valence-corrected chi connectivity index (χ3v) is 21.7. The van der Waals surface area contributed by atoms with Gasteiger partial charge in [-0.3, -0.25) is 4.85 Å². The van der Waals surface area contributed by atoms with Gasteiger partial charge in [0.25, 0.3) is 8.32 Å². The number of aliphatic hydroxyl groups excluding tert-OH is 1. The molecular formula is C50H77N3O8Si2. The predicted octanol–water partition coefficient (Wildman–Crippen LogP) is 11.1. The minimum Gasteiger partial charge on any atom is -0.541 e. The molecule has 3 atom stereocenters. The molecule has 2 aliphatic rings. The smallest absolute Gasteiger partial charge is 0.407 e. The maximum Gasteiger partial charge on any atom is 0.407 e. The molecule has 63 heavy (non-hydrogen) atoms. The Hall–Kier alpha value is -4.17. The average molecular weight is 904 g/mol. The van der Waals surface area contributed by atoms with Crippen LogP contribution in [-0.4, -0.2) is 93.3 Å². The van der Waals surface area contributed by atoms with Crippen molar-refractivity contribution in [1.82, 2.24) is 10.6 Å². The molecule has 0 saturated carbocycles. The van der Waals surface area contributed by atoms with Crippen molar-refractivity contribution in [2.24, 2.45) is 0 Å². The zero-order chi connectivity index (χ0) is 47.2. The number of ether oxygens (including phenoxy) is 4. The zero-order valence-corrected chi connectivity index (χ0v) is 42.5. The Bertz CT molecular complexity index is 1920. The van der Waals surface area contributed by atoms with Crippen molar-refractivity contribution in [3.05, 3.63) is 101 Å². The number of morpholine rings is 1. The quantitative estimate of drug-likeness (QED) is 0.0558. The van der Waals surface area contributed by atoms with Crippen LogP contribution in [0.4, 0.5) is 4.79 Å². The molecule has 1 aliphatic heterocycles. The fourth-order valence-electron chi connectivity index (χ4n) is 7.18. The molecule has 348 valence electrons. The van der Waals surface area contributed by atoms with E-state index in [0.717, 1.165) is 67.0 Å². The number of nitrogens with zero attached hydrogens (tertiary/aromatic N) is 1. The third-order valence-electron chi connectivity index (χ3n) is 12.9. The average Bonchev–Trinajstić information content (AvgIpc) is 3.56. The van der Waals surface area contributed by atoms with Crippen molar-refractivity contribution in [3.8, 4) is 28.4 Å². The Morgan fingerprint density at radius 3 is 2.02 bits per heavy atom. The van der Waals surface area contributed by atoms with Crippen LogP contribution in [0.2, 0.25) is 36.3 Å². The Labute approximate surface area is 381 Å². The highest BCUT2D eigenvalue weighted by molar-refractivity contribution is 6.75. The molecule has 1 aliphatic carbocycles. The summed E-state index contributed by atoms with van der Waals surface area (Å²) in [6.07, 6.45) is 1.84. The Morgan fingerprint density at radius 1 is 0.937 bits per heavy atom. The van der Waals surface area contributed by atoms with Crippen LogP contribution in [0.3, 0.4) is 0 Å². The van der Waals surface area contributed by atoms with Crippen LogP contribution < -0.4 is 24.5 Å². The third kappa shape index (κ3) is 14.2. The Balaban J connectivity index is 0.000000441. The molecule has 1 amide bonds. The van der Waals surface area contributed by atoms with Crippen molar-refractivity contribution in [1.29, 1.82) is 0 Å². The Morgan fingerprint density at radius 2 is 1.51 bits per heavy atom. The van der Waals surface area contributed by atoms with Gasteiger partial charge in [0.1, 0.15) is 24.1 Å². The fraction of sp³-hybridized carbons (Fsp3) is 0.560. The SMILES string of the molecule is C=C.CC(C)(C)[Si](C)(C)OCCCC[C@H]1CNCCO1.[C-]#[N+]C(O)C(Cc1cc(O[Si](C)(C)C(C)(C)C)c(OC)c(C)c1OC)NC(=O)OCC1c2ccccc2-c2ccccc21. The largest absolute Gasteiger partial charge is 0.541 e. The molecule has 3 aromatic carbocycles. The number of methoxy groups -OCH3 is 2. The summed E-state index contributed by atoms with van der Waals surface area (Å²) in [6.45, 7) is 41.6. The van der Waals surface area contributed by atoms with E-state index in [2.05, 4.69) is 121 Å². The van der Waals surface area contributed by atoms with Crippen LogP contribution in [0.15, 0.2) is 67.8 Å². The number of alkyl carbamates (subject to hydrolysis) is 1. The van der Waals surface area contributed by atoms with Gasteiger partial charge in [0.2, 0.25) is 0 Å². The Kier molecular flexibility index (Phi) is 20.0. The monoisotopic (exact) mass is 904 g/mol. The van der Waals surface area contributed by atoms with E-state index in [0.29, 0.717) is 34.0 Å². The van der Waals surface area contributed by atoms with Gasteiger partial charge >= 0.3 is 12.3 Å². The van der Waals surface area contributed by atoms with Gasteiger partial charge in [0, 0.05) is 43.2 Å². The van der Waals surface area contributed by atoms with Crippen LogP contribution in [0.5, 0.6) is 17.2 Å². The van der Waals surface area contributed by atoms with Gasteiger partial charge < -0.3 is 43.5 Å². The van der Waals surface area contributed by atoms with Gasteiger partial charge in [-0.05, 0) is 90.8 Å². The first-order valence-corrected chi connectivity index (χ1v) is 28.0. The molecule has 1 saturated heterocycles. The number of fused-ring (bicyclic) bond motifs is 3. The van der Waals surface area contributed by atoms with Crippen LogP contribution in [0.1, 0.15) is 89.0 Å². The predicted molar refractivity (Wildman–Crippen MR) is 261 cm³/mol. The molecule has 0 radical (unpaired) electrons. The lowest BCUT2D eigenvalue weighted by Crippen LogP contribution is -2.44. The van der Waals surface area contributed by atoms with Crippen molar-refractivity contribution >= 4 is 22.7 Å². The van der Waals surface area contributed by atoms with E-state index < -0.39 is 35.0 Å². The molecule has 0 bridgehead atoms. The fourth-order valence-corrected chi connectivity index (χ4v) is 9.28. The summed E-state index contributed by atoms with van der Waals surface area (Å²) in [5.74, 6) is 1.56. The lowest BCUT2D eigenvalue weighted by atomic mass is 9.98. The number of hydrogen-bond acceptors (Lipinski definition) is 9. The molecule has 3 N–H and O–H groups in total. The maximum atomic E-state index is 13.1. The minimum absolute atomic E-state index is 0.0551. The number of carbonyl (C=O) groups is 1. The number of unbranched alkanes of at least 4 members (excludes halogenated alkanes) is 1. The van der Waals surface area contributed by atoms with E-state index in [1.165, 1.54) is 6.42 Å². The van der Waals surface area contributed by atoms with E-state index in [9.17, 15) is 9.90 Å². The number of carbonyl (C=O) groups excluding carboxylic acids is 1. The summed E-state index contributed by atoms with van der Waals surface area (Å²) in [5.41, 5.74) is 5.86. The summed E-state index contributed by atoms with van der Waals surface area (Å²) < 4.78 is 35.7. The van der Waals surface area contributed by atoms with Crippen molar-refractivity contribution < 1.29 is 37.7 Å². The van der Waals surface area contributed by atoms with Crippen LogP contribution in [-0.2, 0) is 20.3 Å². The second-order valence-corrected chi connectivity index (χ2v) is 28.7. The second-order valence-electron chi connectivity index (χ2n) is 19.2. The van der Waals surface area contributed by atoms with Crippen molar-refractivity contribution in [3.63, 3.8) is 0 Å². The van der Waals surface area contributed by atoms with E-state index in [-0.39, 0.29) is 24.0 Å². The molecule has 0 aromatic heterocycles. The van der Waals surface area contributed by atoms with Crippen LogP contribution >= 0.6 is 0 Å². The summed E-state index contributed by atoms with van der Waals surface area (Å²) in [6, 6.07) is 17.1. The van der Waals surface area contributed by atoms with Gasteiger partial charge in [-0.25, -0.2) is 11.4 Å². The standard InChI is InChI=1S/C34H42N2O6Si.C14H31NO2Si.C2H4/c1-21-30(39-6)22(19-29(31(21)40-7)42-43(8,9)34(2,3)4)18-28(32(37)35-5)36-33(38)41-20-27-25-16-12-10-14-23(25)24-15-11-13-17-26(24)27;1-14(2,3)18(4,5)17-10-7-6-8-13-12-15-9-11-16-13;1-2/h10-17,19,27-28,32,37H,18,20H2,1-4,6-9H3,(H,36,38);13,15H,6-12H2,1-5H3;1-2H2/t;13-;/m.0./s1. The number of benzene rings is 3. The molecule has 11 nitrogen and oxygen atoms in total. The summed E-state index contributed by atoms with van der Waals surface area (Å²) in [4.78, 5) is 16.4. The first-order valence-electron chi connectivity index (χ1n) is 22.2. The highest BCUT2D eigenvalue weighted by Crippen LogP contribution is 2.46. The lowest BCUT2D eigenvalue weighted by Gasteiger charge is -2.37. The summed E-state index contributed by atoms with van der Waals surface area (Å²) in [7, 11) is -0.640. The van der Waals surface area contributed by atoms with E-state index in [1.807, 2.05) is 37.3 Å². The van der Waals surface area contributed by atoms with E-state index in [1.54, 1.807) is 14.2 Å². The topological polar surface area (TPSA) is 121 Å². The summed E-state index contributed by atoms with van der Waals surface area (Å²) >= 11 is 0. The molecule has 1 heterocycles. The number of rotatable bonds is 16. The van der Waals surface area contributed by atoms with Gasteiger partial charge in [-0.1, -0.05) is 90.1 Å². The minimum atomic E-state index is -2.24. The first-order chi connectivity index (χ1) is 29.7. The molecule has 5 rings (SSSR count). The molecule has 1 fully saturated rings. The summed E-state index contributed by atoms with van der Waals surface area (Å²) in [5, 5.41) is 17.0. The first kappa shape index (κ1) is 53.2. The number of nitrogens with one attached hydrogen (secondary N) is 2. The van der Waals surface area contributed by atoms with Gasteiger partial charge in [0.15, 0.2) is 14.1 Å². The van der Waals surface area contributed by atoms with Gasteiger partial charge in [-0.2, -0.15) is 0 Å².